The Hall–Kier alpha value is -1.39. The number of nitrogens with one attached hydrogen (secondary N) is 1. The molecule has 1 amide bonds. The topological polar surface area (TPSA) is 64.4 Å². The van der Waals surface area contributed by atoms with Gasteiger partial charge in [-0.2, -0.15) is 0 Å². The summed E-state index contributed by atoms with van der Waals surface area (Å²) in [7, 11) is 0. The van der Waals surface area contributed by atoms with Crippen molar-refractivity contribution in [3.8, 4) is 0 Å². The van der Waals surface area contributed by atoms with Crippen molar-refractivity contribution in [1.29, 1.82) is 0 Å². The lowest BCUT2D eigenvalue weighted by molar-refractivity contribution is -0.130. The lowest BCUT2D eigenvalue weighted by atomic mass is 9.84. The lowest BCUT2D eigenvalue weighted by Crippen LogP contribution is -2.58. The van der Waals surface area contributed by atoms with Gasteiger partial charge in [0.05, 0.1) is 5.54 Å². The van der Waals surface area contributed by atoms with Gasteiger partial charge in [0.25, 0.3) is 0 Å². The van der Waals surface area contributed by atoms with Crippen molar-refractivity contribution in [2.45, 2.75) is 38.6 Å². The fourth-order valence-corrected chi connectivity index (χ4v) is 2.67. The highest BCUT2D eigenvalue weighted by Crippen LogP contribution is 2.22. The largest absolute Gasteiger partial charge is 0.381 e. The van der Waals surface area contributed by atoms with E-state index in [2.05, 4.69) is 31.3 Å². The van der Waals surface area contributed by atoms with Crippen LogP contribution >= 0.6 is 0 Å². The van der Waals surface area contributed by atoms with Crippen LogP contribution in [0.3, 0.4) is 0 Å². The minimum atomic E-state index is -0.763. The van der Waals surface area contributed by atoms with Gasteiger partial charge in [0.1, 0.15) is 0 Å². The van der Waals surface area contributed by atoms with Gasteiger partial charge in [-0.3, -0.25) is 4.79 Å². The monoisotopic (exact) mass is 290 g/mol. The number of rotatable bonds is 5. The number of amides is 1. The Morgan fingerprint density at radius 2 is 1.90 bits per heavy atom. The fraction of sp³-hybridized carbons (Fsp3) is 0.588. The Morgan fingerprint density at radius 3 is 2.52 bits per heavy atom. The van der Waals surface area contributed by atoms with Crippen molar-refractivity contribution in [2.24, 2.45) is 11.1 Å². The molecule has 0 aliphatic carbocycles. The van der Waals surface area contributed by atoms with Gasteiger partial charge in [-0.1, -0.05) is 44.2 Å². The van der Waals surface area contributed by atoms with Gasteiger partial charge in [0.15, 0.2) is 0 Å². The summed E-state index contributed by atoms with van der Waals surface area (Å²) in [5.74, 6) is -0.0491. The molecule has 116 valence electrons. The Labute approximate surface area is 127 Å². The Balaban J connectivity index is 1.87. The number of hydrogen-bond acceptors (Lipinski definition) is 3. The van der Waals surface area contributed by atoms with Gasteiger partial charge in [-0.05, 0) is 30.2 Å². The molecule has 2 rings (SSSR count). The summed E-state index contributed by atoms with van der Waals surface area (Å²) in [4.78, 5) is 12.3. The van der Waals surface area contributed by atoms with Crippen molar-refractivity contribution in [3.05, 3.63) is 35.9 Å². The van der Waals surface area contributed by atoms with E-state index in [1.165, 1.54) is 5.56 Å². The van der Waals surface area contributed by atoms with Crippen molar-refractivity contribution < 1.29 is 9.53 Å². The second-order valence-corrected chi connectivity index (χ2v) is 6.78. The Kier molecular flexibility index (Phi) is 5.01. The van der Waals surface area contributed by atoms with Crippen molar-refractivity contribution in [1.82, 2.24) is 5.32 Å². The van der Waals surface area contributed by atoms with E-state index in [0.717, 1.165) is 6.42 Å². The number of hydrogen-bond donors (Lipinski definition) is 2. The van der Waals surface area contributed by atoms with Crippen LogP contribution in [-0.4, -0.2) is 31.2 Å². The van der Waals surface area contributed by atoms with Crippen LogP contribution in [0.25, 0.3) is 0 Å². The quantitative estimate of drug-likeness (QED) is 0.870. The zero-order valence-corrected chi connectivity index (χ0v) is 13.0. The molecule has 1 aromatic carbocycles. The summed E-state index contributed by atoms with van der Waals surface area (Å²) in [5, 5.41) is 3.03. The van der Waals surface area contributed by atoms with Crippen LogP contribution < -0.4 is 11.1 Å². The highest BCUT2D eigenvalue weighted by molar-refractivity contribution is 5.86. The summed E-state index contributed by atoms with van der Waals surface area (Å²) < 4.78 is 5.28. The average Bonchev–Trinajstić information content (AvgIpc) is 2.46. The molecule has 4 heteroatoms. The van der Waals surface area contributed by atoms with Crippen LogP contribution in [0.15, 0.2) is 30.3 Å². The van der Waals surface area contributed by atoms with Crippen LogP contribution in [-0.2, 0) is 16.0 Å². The Bertz CT molecular complexity index is 465. The predicted molar refractivity (Wildman–Crippen MR) is 83.9 cm³/mol. The van der Waals surface area contributed by atoms with Crippen molar-refractivity contribution >= 4 is 5.91 Å². The van der Waals surface area contributed by atoms with Crippen LogP contribution in [0.5, 0.6) is 0 Å². The van der Waals surface area contributed by atoms with E-state index in [0.29, 0.717) is 32.6 Å². The number of benzene rings is 1. The lowest BCUT2D eigenvalue weighted by Gasteiger charge is -2.33. The van der Waals surface area contributed by atoms with E-state index >= 15 is 0 Å². The molecule has 0 bridgehead atoms. The minimum absolute atomic E-state index is 0.00145. The molecule has 1 aliphatic rings. The zero-order chi connectivity index (χ0) is 15.3. The smallest absolute Gasteiger partial charge is 0.240 e. The van der Waals surface area contributed by atoms with E-state index in [4.69, 9.17) is 10.5 Å². The maximum Gasteiger partial charge on any atom is 0.240 e. The molecule has 1 aliphatic heterocycles. The number of nitrogens with two attached hydrogens (primary N) is 1. The molecule has 0 spiro atoms. The molecule has 1 aromatic rings. The first-order chi connectivity index (χ1) is 9.91. The maximum absolute atomic E-state index is 12.3. The summed E-state index contributed by atoms with van der Waals surface area (Å²) >= 11 is 0. The maximum atomic E-state index is 12.3. The molecule has 0 atom stereocenters. The second-order valence-electron chi connectivity index (χ2n) is 6.78. The van der Waals surface area contributed by atoms with Gasteiger partial charge in [0, 0.05) is 19.8 Å². The van der Waals surface area contributed by atoms with Crippen molar-refractivity contribution in [3.63, 3.8) is 0 Å². The van der Waals surface area contributed by atoms with E-state index in [1.54, 1.807) is 0 Å². The molecule has 21 heavy (non-hydrogen) atoms. The molecular formula is C17H26N2O2. The van der Waals surface area contributed by atoms with Gasteiger partial charge in [0.2, 0.25) is 5.91 Å². The fourth-order valence-electron chi connectivity index (χ4n) is 2.67. The molecule has 0 saturated carbocycles. The van der Waals surface area contributed by atoms with Gasteiger partial charge in [-0.25, -0.2) is 0 Å². The SMILES string of the molecule is CC(C)(CNC(=O)C1(N)CCOCC1)Cc1ccccc1. The molecule has 1 saturated heterocycles. The van der Waals surface area contributed by atoms with Crippen LogP contribution in [0, 0.1) is 5.41 Å². The number of carbonyl (C=O) groups is 1. The van der Waals surface area contributed by atoms with Crippen LogP contribution in [0.1, 0.15) is 32.3 Å². The summed E-state index contributed by atoms with van der Waals surface area (Å²) in [6.45, 7) is 6.08. The molecular weight excluding hydrogens is 264 g/mol. The highest BCUT2D eigenvalue weighted by atomic mass is 16.5. The van der Waals surface area contributed by atoms with Crippen molar-refractivity contribution in [2.75, 3.05) is 19.8 Å². The molecule has 0 radical (unpaired) electrons. The predicted octanol–water partition coefficient (Wildman–Crippen LogP) is 1.88. The number of carbonyl (C=O) groups excluding carboxylic acids is 1. The van der Waals surface area contributed by atoms with E-state index in [-0.39, 0.29) is 11.3 Å². The standard InChI is InChI=1S/C17H26N2O2/c1-16(2,12-14-6-4-3-5-7-14)13-19-15(20)17(18)8-10-21-11-9-17/h3-7H,8-13,18H2,1-2H3,(H,19,20). The molecule has 0 aromatic heterocycles. The van der Waals surface area contributed by atoms with Crippen LogP contribution in [0.4, 0.5) is 0 Å². The minimum Gasteiger partial charge on any atom is -0.381 e. The third-order valence-electron chi connectivity index (χ3n) is 4.09. The van der Waals surface area contributed by atoms with Gasteiger partial charge in [-0.15, -0.1) is 0 Å². The summed E-state index contributed by atoms with van der Waals surface area (Å²) in [6.07, 6.45) is 2.12. The molecule has 1 fully saturated rings. The third kappa shape index (κ3) is 4.55. The third-order valence-corrected chi connectivity index (χ3v) is 4.09. The normalized spacial score (nSPS) is 18.2. The molecule has 4 nitrogen and oxygen atoms in total. The molecule has 1 heterocycles. The summed E-state index contributed by atoms with van der Waals surface area (Å²) in [6, 6.07) is 10.3. The number of ether oxygens (including phenoxy) is 1. The first kappa shape index (κ1) is 16.0. The zero-order valence-electron chi connectivity index (χ0n) is 13.0. The van der Waals surface area contributed by atoms with Gasteiger partial charge < -0.3 is 15.8 Å². The van der Waals surface area contributed by atoms with E-state index in [9.17, 15) is 4.79 Å². The molecule has 3 N–H and O–H groups in total. The first-order valence-electron chi connectivity index (χ1n) is 7.60. The highest BCUT2D eigenvalue weighted by Gasteiger charge is 2.36. The summed E-state index contributed by atoms with van der Waals surface area (Å²) in [5.41, 5.74) is 6.71. The average molecular weight is 290 g/mol. The van der Waals surface area contributed by atoms with E-state index in [1.807, 2.05) is 18.2 Å². The Morgan fingerprint density at radius 1 is 1.29 bits per heavy atom. The van der Waals surface area contributed by atoms with Crippen LogP contribution in [0.2, 0.25) is 0 Å². The van der Waals surface area contributed by atoms with Gasteiger partial charge >= 0.3 is 0 Å². The molecule has 0 unspecified atom stereocenters. The second kappa shape index (κ2) is 6.58. The first-order valence-corrected chi connectivity index (χ1v) is 7.60. The van der Waals surface area contributed by atoms with E-state index < -0.39 is 5.54 Å².